The minimum Gasteiger partial charge on any atom is -0.481 e. The van der Waals surface area contributed by atoms with Crippen molar-refractivity contribution in [3.8, 4) is 0 Å². The molecule has 0 aromatic rings. The van der Waals surface area contributed by atoms with Gasteiger partial charge < -0.3 is 15.6 Å². The lowest BCUT2D eigenvalue weighted by atomic mass is 10.2. The van der Waals surface area contributed by atoms with Crippen LogP contribution in [0.2, 0.25) is 0 Å². The molecule has 6 heteroatoms. The lowest BCUT2D eigenvalue weighted by Gasteiger charge is -1.97. The molecule has 0 bridgehead atoms. The van der Waals surface area contributed by atoms with Gasteiger partial charge in [0.15, 0.2) is 0 Å². The number of rotatable bonds is 4. The average molecular weight is 204 g/mol. The van der Waals surface area contributed by atoms with E-state index in [0.717, 1.165) is 0 Å². The van der Waals surface area contributed by atoms with Gasteiger partial charge in [-0.2, -0.15) is 0 Å². The fourth-order valence-corrected chi connectivity index (χ4v) is 0.358. The zero-order valence-corrected chi connectivity index (χ0v) is 7.36. The van der Waals surface area contributed by atoms with E-state index in [1.165, 1.54) is 0 Å². The maximum absolute atomic E-state index is 9.85. The van der Waals surface area contributed by atoms with E-state index in [-0.39, 0.29) is 37.7 Å². The van der Waals surface area contributed by atoms with Crippen molar-refractivity contribution < 1.29 is 14.7 Å². The Morgan fingerprint density at radius 3 is 2.27 bits per heavy atom. The van der Waals surface area contributed by atoms with Crippen LogP contribution in [0.25, 0.3) is 0 Å². The number of carboxylic acids is 1. The van der Waals surface area contributed by atoms with E-state index in [1.807, 2.05) is 0 Å². The van der Waals surface area contributed by atoms with Crippen molar-refractivity contribution in [2.24, 2.45) is 5.73 Å². The molecule has 0 rings (SSSR count). The predicted molar refractivity (Wildman–Crippen MR) is 45.4 cm³/mol. The number of aldehydes is 1. The number of aliphatic carboxylic acids is 1. The van der Waals surface area contributed by atoms with Crippen LogP contribution in [-0.4, -0.2) is 23.4 Å². The monoisotopic (exact) mass is 203 g/mol. The zero-order valence-electron chi connectivity index (χ0n) is 5.73. The first kappa shape index (κ1) is 17.0. The molecule has 0 saturated carbocycles. The van der Waals surface area contributed by atoms with Crippen molar-refractivity contribution in [2.75, 3.05) is 0 Å². The summed E-state index contributed by atoms with van der Waals surface area (Å²) in [6, 6.07) is -0.624. The van der Waals surface area contributed by atoms with Gasteiger partial charge in [0.1, 0.15) is 6.29 Å². The summed E-state index contributed by atoms with van der Waals surface area (Å²) in [5.41, 5.74) is 5.09. The summed E-state index contributed by atoms with van der Waals surface area (Å²) < 4.78 is 0. The molecule has 0 aromatic carbocycles. The van der Waals surface area contributed by atoms with Gasteiger partial charge in [-0.25, -0.2) is 0 Å². The maximum atomic E-state index is 9.85. The Balaban J connectivity index is -0.000000320. The number of hydrogen-bond donors (Lipinski definition) is 2. The van der Waals surface area contributed by atoms with E-state index in [4.69, 9.17) is 10.8 Å². The van der Waals surface area contributed by atoms with Crippen LogP contribution in [0.4, 0.5) is 0 Å². The topological polar surface area (TPSA) is 80.4 Å². The van der Waals surface area contributed by atoms with Gasteiger partial charge in [-0.15, -0.1) is 24.8 Å². The highest BCUT2D eigenvalue weighted by Crippen LogP contribution is 1.90. The van der Waals surface area contributed by atoms with Crippen molar-refractivity contribution in [1.29, 1.82) is 0 Å². The van der Waals surface area contributed by atoms with E-state index in [9.17, 15) is 9.59 Å². The Bertz CT molecular complexity index is 120. The fourth-order valence-electron chi connectivity index (χ4n) is 0.358. The summed E-state index contributed by atoms with van der Waals surface area (Å²) >= 11 is 0. The Morgan fingerprint density at radius 1 is 1.55 bits per heavy atom. The van der Waals surface area contributed by atoms with Crippen LogP contribution < -0.4 is 5.73 Å². The molecule has 0 aliphatic heterocycles. The van der Waals surface area contributed by atoms with E-state index < -0.39 is 12.0 Å². The quantitative estimate of drug-likeness (QED) is 0.642. The van der Waals surface area contributed by atoms with Crippen molar-refractivity contribution in [3.05, 3.63) is 0 Å². The van der Waals surface area contributed by atoms with Crippen LogP contribution in [0.3, 0.4) is 0 Å². The number of hydrogen-bond acceptors (Lipinski definition) is 3. The lowest BCUT2D eigenvalue weighted by molar-refractivity contribution is -0.137. The number of carbonyl (C=O) groups excluding carboxylic acids is 1. The number of carbonyl (C=O) groups is 2. The molecule has 0 aliphatic rings. The first-order valence-corrected chi connectivity index (χ1v) is 2.59. The summed E-state index contributed by atoms with van der Waals surface area (Å²) in [5, 5.41) is 8.09. The molecular weight excluding hydrogens is 193 g/mol. The predicted octanol–water partition coefficient (Wildman–Crippen LogP) is 0.221. The van der Waals surface area contributed by atoms with Gasteiger partial charge in [0.2, 0.25) is 0 Å². The summed E-state index contributed by atoms with van der Waals surface area (Å²) in [7, 11) is 0. The molecule has 0 radical (unpaired) electrons. The third-order valence-corrected chi connectivity index (χ3v) is 0.866. The highest BCUT2D eigenvalue weighted by atomic mass is 35.5. The normalized spacial score (nSPS) is 10.3. The number of nitrogens with two attached hydrogens (primary N) is 1. The molecule has 1 atom stereocenters. The number of carboxylic acid groups (broad SMARTS) is 1. The summed E-state index contributed by atoms with van der Waals surface area (Å²) in [5.74, 6) is -0.924. The molecule has 0 spiro atoms. The second-order valence-electron chi connectivity index (χ2n) is 1.73. The highest BCUT2D eigenvalue weighted by Gasteiger charge is 2.02. The van der Waals surface area contributed by atoms with Gasteiger partial charge in [0.05, 0.1) is 6.04 Å². The molecule has 0 amide bonds. The van der Waals surface area contributed by atoms with Gasteiger partial charge in [-0.1, -0.05) is 0 Å². The van der Waals surface area contributed by atoms with Crippen LogP contribution in [-0.2, 0) is 9.59 Å². The smallest absolute Gasteiger partial charge is 0.303 e. The summed E-state index contributed by atoms with van der Waals surface area (Å²) in [4.78, 5) is 19.6. The molecule has 68 valence electrons. The van der Waals surface area contributed by atoms with Crippen molar-refractivity contribution in [1.82, 2.24) is 0 Å². The highest BCUT2D eigenvalue weighted by molar-refractivity contribution is 5.85. The van der Waals surface area contributed by atoms with E-state index >= 15 is 0 Å². The van der Waals surface area contributed by atoms with Gasteiger partial charge >= 0.3 is 5.97 Å². The molecule has 4 nitrogen and oxygen atoms in total. The average Bonchev–Trinajstić information content (AvgIpc) is 1.83. The second kappa shape index (κ2) is 9.68. The Kier molecular flexibility index (Phi) is 14.9. The van der Waals surface area contributed by atoms with Crippen LogP contribution in [0, 0.1) is 0 Å². The van der Waals surface area contributed by atoms with Gasteiger partial charge in [-0.05, 0) is 6.42 Å². The van der Waals surface area contributed by atoms with Crippen molar-refractivity contribution >= 4 is 37.1 Å². The fraction of sp³-hybridized carbons (Fsp3) is 0.600. The van der Waals surface area contributed by atoms with E-state index in [1.54, 1.807) is 0 Å². The van der Waals surface area contributed by atoms with Gasteiger partial charge in [-0.3, -0.25) is 4.79 Å². The third kappa shape index (κ3) is 12.8. The van der Waals surface area contributed by atoms with Gasteiger partial charge in [0.25, 0.3) is 0 Å². The molecule has 0 aromatic heterocycles. The molecule has 3 N–H and O–H groups in total. The molecule has 0 heterocycles. The minimum atomic E-state index is -0.924. The van der Waals surface area contributed by atoms with Crippen LogP contribution in [0.1, 0.15) is 12.8 Å². The molecule has 11 heavy (non-hydrogen) atoms. The lowest BCUT2D eigenvalue weighted by Crippen LogP contribution is -2.22. The van der Waals surface area contributed by atoms with Crippen molar-refractivity contribution in [2.45, 2.75) is 18.9 Å². The molecule has 0 aliphatic carbocycles. The summed E-state index contributed by atoms with van der Waals surface area (Å²) in [6.07, 6.45) is 0.724. The van der Waals surface area contributed by atoms with Crippen LogP contribution in [0.5, 0.6) is 0 Å². The number of halogens is 2. The zero-order chi connectivity index (χ0) is 7.28. The Labute approximate surface area is 77.0 Å². The first-order valence-electron chi connectivity index (χ1n) is 2.59. The molecule has 1 unspecified atom stereocenters. The first-order chi connectivity index (χ1) is 4.16. The largest absolute Gasteiger partial charge is 0.481 e. The van der Waals surface area contributed by atoms with E-state index in [0.29, 0.717) is 6.29 Å². The molecule has 0 fully saturated rings. The molecule has 0 saturated heterocycles. The van der Waals surface area contributed by atoms with E-state index in [2.05, 4.69) is 0 Å². The van der Waals surface area contributed by atoms with Crippen molar-refractivity contribution in [3.63, 3.8) is 0 Å². The second-order valence-corrected chi connectivity index (χ2v) is 1.73. The van der Waals surface area contributed by atoms with Gasteiger partial charge in [0, 0.05) is 6.42 Å². The Morgan fingerprint density at radius 2 is 2.00 bits per heavy atom. The minimum absolute atomic E-state index is 0. The van der Waals surface area contributed by atoms with Crippen LogP contribution >= 0.6 is 24.8 Å². The maximum Gasteiger partial charge on any atom is 0.303 e. The SMILES string of the molecule is Cl.Cl.NC(C=O)CCC(=O)O. The third-order valence-electron chi connectivity index (χ3n) is 0.866. The standard InChI is InChI=1S/C5H9NO3.2ClH/c6-4(3-7)1-2-5(8)9;;/h3-4H,1-2,6H2,(H,8,9);2*1H. The summed E-state index contributed by atoms with van der Waals surface area (Å²) in [6.45, 7) is 0. The molecular formula is C5H11Cl2NO3. The Hall–Kier alpha value is -0.320. The van der Waals surface area contributed by atoms with Crippen LogP contribution in [0.15, 0.2) is 0 Å².